The van der Waals surface area contributed by atoms with Crippen molar-refractivity contribution in [3.8, 4) is 11.1 Å². The molecule has 2 aromatic rings. The fourth-order valence-electron chi connectivity index (χ4n) is 3.25. The van der Waals surface area contributed by atoms with E-state index in [0.29, 0.717) is 11.3 Å². The van der Waals surface area contributed by atoms with Crippen molar-refractivity contribution in [2.24, 2.45) is 5.73 Å². The summed E-state index contributed by atoms with van der Waals surface area (Å²) in [5.41, 5.74) is 9.89. The number of aromatic nitrogens is 1. The number of aryl methyl sites for hydroxylation is 2. The summed E-state index contributed by atoms with van der Waals surface area (Å²) in [5.74, 6) is 0.493. The van der Waals surface area contributed by atoms with Crippen molar-refractivity contribution >= 4 is 11.7 Å². The standard InChI is InChI=1S/C19H24N4O/c1-13-6-4-5-7-15(13)16-12-17(21-14(2)18(16)19(20)24)23-10-8-22(3)9-11-23/h4-7,12H,8-11H2,1-3H3,(H2,20,24). The van der Waals surface area contributed by atoms with E-state index in [4.69, 9.17) is 5.73 Å². The number of amides is 1. The summed E-state index contributed by atoms with van der Waals surface area (Å²) in [7, 11) is 2.13. The van der Waals surface area contributed by atoms with E-state index in [9.17, 15) is 4.79 Å². The Hall–Kier alpha value is -2.40. The molecule has 1 aliphatic rings. The summed E-state index contributed by atoms with van der Waals surface area (Å²) in [4.78, 5) is 21.3. The fourth-order valence-corrected chi connectivity index (χ4v) is 3.25. The quantitative estimate of drug-likeness (QED) is 0.940. The van der Waals surface area contributed by atoms with E-state index in [0.717, 1.165) is 48.7 Å². The van der Waals surface area contributed by atoms with Crippen LogP contribution in [-0.4, -0.2) is 49.0 Å². The summed E-state index contributed by atoms with van der Waals surface area (Å²) in [5, 5.41) is 0. The molecule has 5 nitrogen and oxygen atoms in total. The molecule has 0 radical (unpaired) electrons. The Kier molecular flexibility index (Phi) is 4.53. The Morgan fingerprint density at radius 1 is 1.08 bits per heavy atom. The molecular formula is C19H24N4O. The number of benzene rings is 1. The third-order valence-electron chi connectivity index (χ3n) is 4.70. The topological polar surface area (TPSA) is 62.5 Å². The summed E-state index contributed by atoms with van der Waals surface area (Å²) in [6.45, 7) is 7.81. The van der Waals surface area contributed by atoms with E-state index < -0.39 is 5.91 Å². The average Bonchev–Trinajstić information content (AvgIpc) is 2.55. The Balaban J connectivity index is 2.12. The van der Waals surface area contributed by atoms with Gasteiger partial charge in [0.15, 0.2) is 0 Å². The summed E-state index contributed by atoms with van der Waals surface area (Å²) in [6, 6.07) is 10.1. The minimum atomic E-state index is -0.428. The van der Waals surface area contributed by atoms with Crippen molar-refractivity contribution in [2.75, 3.05) is 38.1 Å². The van der Waals surface area contributed by atoms with Crippen LogP contribution < -0.4 is 10.6 Å². The normalized spacial score (nSPS) is 15.5. The lowest BCUT2D eigenvalue weighted by Gasteiger charge is -2.33. The second-order valence-corrected chi connectivity index (χ2v) is 6.46. The lowest BCUT2D eigenvalue weighted by molar-refractivity contribution is 0.1000. The van der Waals surface area contributed by atoms with Crippen molar-refractivity contribution in [2.45, 2.75) is 13.8 Å². The number of carbonyl (C=O) groups excluding carboxylic acids is 1. The summed E-state index contributed by atoms with van der Waals surface area (Å²) < 4.78 is 0. The third kappa shape index (κ3) is 3.12. The van der Waals surface area contributed by atoms with Crippen LogP contribution in [0.15, 0.2) is 30.3 Å². The van der Waals surface area contributed by atoms with E-state index in [-0.39, 0.29) is 0 Å². The first kappa shape index (κ1) is 16.5. The van der Waals surface area contributed by atoms with Gasteiger partial charge in [0.25, 0.3) is 5.91 Å². The molecule has 3 rings (SSSR count). The van der Waals surface area contributed by atoms with Gasteiger partial charge in [0.05, 0.1) is 11.3 Å². The lowest BCUT2D eigenvalue weighted by atomic mass is 9.95. The lowest BCUT2D eigenvalue weighted by Crippen LogP contribution is -2.45. The van der Waals surface area contributed by atoms with Gasteiger partial charge in [-0.2, -0.15) is 0 Å². The maximum atomic E-state index is 12.0. The number of anilines is 1. The molecule has 0 aliphatic carbocycles. The van der Waals surface area contributed by atoms with E-state index in [2.05, 4.69) is 21.8 Å². The molecule has 0 saturated carbocycles. The van der Waals surface area contributed by atoms with E-state index in [1.807, 2.05) is 44.2 Å². The molecule has 1 aromatic carbocycles. The van der Waals surface area contributed by atoms with Crippen LogP contribution in [0.5, 0.6) is 0 Å². The molecule has 1 aromatic heterocycles. The van der Waals surface area contributed by atoms with Gasteiger partial charge >= 0.3 is 0 Å². The molecular weight excluding hydrogens is 300 g/mol. The van der Waals surface area contributed by atoms with Gasteiger partial charge in [-0.1, -0.05) is 24.3 Å². The van der Waals surface area contributed by atoms with Crippen molar-refractivity contribution in [1.82, 2.24) is 9.88 Å². The first-order valence-electron chi connectivity index (χ1n) is 8.28. The number of nitrogens with two attached hydrogens (primary N) is 1. The maximum Gasteiger partial charge on any atom is 0.251 e. The Labute approximate surface area is 143 Å². The number of pyridine rings is 1. The molecule has 0 spiro atoms. The molecule has 0 atom stereocenters. The summed E-state index contributed by atoms with van der Waals surface area (Å²) in [6.07, 6.45) is 0. The molecule has 1 saturated heterocycles. The zero-order valence-electron chi connectivity index (χ0n) is 14.5. The molecule has 1 aliphatic heterocycles. The fraction of sp³-hybridized carbons (Fsp3) is 0.368. The predicted octanol–water partition coefficient (Wildman–Crippen LogP) is 2.22. The van der Waals surface area contributed by atoms with Gasteiger partial charge < -0.3 is 15.5 Å². The Bertz CT molecular complexity index is 764. The molecule has 1 amide bonds. The van der Waals surface area contributed by atoms with Gasteiger partial charge in [-0.25, -0.2) is 4.98 Å². The number of rotatable bonds is 3. The number of hydrogen-bond donors (Lipinski definition) is 1. The minimum absolute atomic E-state index is 0.428. The first-order valence-corrected chi connectivity index (χ1v) is 8.28. The first-order chi connectivity index (χ1) is 11.5. The van der Waals surface area contributed by atoms with Crippen LogP contribution in [0, 0.1) is 13.8 Å². The Morgan fingerprint density at radius 3 is 2.38 bits per heavy atom. The highest BCUT2D eigenvalue weighted by Crippen LogP contribution is 2.31. The molecule has 0 bridgehead atoms. The van der Waals surface area contributed by atoms with E-state index >= 15 is 0 Å². The van der Waals surface area contributed by atoms with Crippen LogP contribution in [-0.2, 0) is 0 Å². The van der Waals surface area contributed by atoms with Gasteiger partial charge in [-0.15, -0.1) is 0 Å². The summed E-state index contributed by atoms with van der Waals surface area (Å²) >= 11 is 0. The van der Waals surface area contributed by atoms with Crippen LogP contribution >= 0.6 is 0 Å². The molecule has 5 heteroatoms. The van der Waals surface area contributed by atoms with Gasteiger partial charge in [-0.3, -0.25) is 4.79 Å². The van der Waals surface area contributed by atoms with Crippen LogP contribution in [0.3, 0.4) is 0 Å². The highest BCUT2D eigenvalue weighted by Gasteiger charge is 2.21. The SMILES string of the molecule is Cc1ccccc1-c1cc(N2CCN(C)CC2)nc(C)c1C(N)=O. The second kappa shape index (κ2) is 6.61. The molecule has 126 valence electrons. The highest BCUT2D eigenvalue weighted by atomic mass is 16.1. The maximum absolute atomic E-state index is 12.0. The number of likely N-dealkylation sites (N-methyl/N-ethyl adjacent to an activating group) is 1. The number of hydrogen-bond acceptors (Lipinski definition) is 4. The van der Waals surface area contributed by atoms with Gasteiger partial charge in [-0.05, 0) is 38.1 Å². The van der Waals surface area contributed by atoms with Crippen LogP contribution in [0.4, 0.5) is 5.82 Å². The molecule has 24 heavy (non-hydrogen) atoms. The van der Waals surface area contributed by atoms with Crippen molar-refractivity contribution in [3.63, 3.8) is 0 Å². The Morgan fingerprint density at radius 2 is 1.75 bits per heavy atom. The highest BCUT2D eigenvalue weighted by molar-refractivity contribution is 6.01. The van der Waals surface area contributed by atoms with Crippen molar-refractivity contribution in [3.05, 3.63) is 47.2 Å². The van der Waals surface area contributed by atoms with Crippen molar-refractivity contribution in [1.29, 1.82) is 0 Å². The average molecular weight is 324 g/mol. The number of piperazine rings is 1. The third-order valence-corrected chi connectivity index (χ3v) is 4.70. The molecule has 1 fully saturated rings. The molecule has 2 N–H and O–H groups in total. The number of carbonyl (C=O) groups is 1. The molecule has 2 heterocycles. The van der Waals surface area contributed by atoms with E-state index in [1.165, 1.54) is 0 Å². The smallest absolute Gasteiger partial charge is 0.251 e. The van der Waals surface area contributed by atoms with Gasteiger partial charge in [0.2, 0.25) is 0 Å². The minimum Gasteiger partial charge on any atom is -0.366 e. The van der Waals surface area contributed by atoms with Crippen molar-refractivity contribution < 1.29 is 4.79 Å². The van der Waals surface area contributed by atoms with Gasteiger partial charge in [0, 0.05) is 31.7 Å². The zero-order valence-corrected chi connectivity index (χ0v) is 14.5. The van der Waals surface area contributed by atoms with E-state index in [1.54, 1.807) is 0 Å². The second-order valence-electron chi connectivity index (χ2n) is 6.46. The number of primary amides is 1. The largest absolute Gasteiger partial charge is 0.366 e. The molecule has 0 unspecified atom stereocenters. The monoisotopic (exact) mass is 324 g/mol. The predicted molar refractivity (Wildman–Crippen MR) is 97.4 cm³/mol. The van der Waals surface area contributed by atoms with Gasteiger partial charge in [0.1, 0.15) is 5.82 Å². The van der Waals surface area contributed by atoms with Crippen LogP contribution in [0.1, 0.15) is 21.6 Å². The number of nitrogens with zero attached hydrogens (tertiary/aromatic N) is 3. The van der Waals surface area contributed by atoms with Crippen LogP contribution in [0.25, 0.3) is 11.1 Å². The zero-order chi connectivity index (χ0) is 17.3. The van der Waals surface area contributed by atoms with Crippen LogP contribution in [0.2, 0.25) is 0 Å².